The van der Waals surface area contributed by atoms with Crippen LogP contribution in [0.1, 0.15) is 32.6 Å². The summed E-state index contributed by atoms with van der Waals surface area (Å²) in [7, 11) is 1.44. The minimum Gasteiger partial charge on any atom is -0.469 e. The Bertz CT molecular complexity index is 221. The summed E-state index contributed by atoms with van der Waals surface area (Å²) < 4.78 is 4.62. The predicted molar refractivity (Wildman–Crippen MR) is 64.1 cm³/mol. The van der Waals surface area contributed by atoms with Crippen molar-refractivity contribution < 1.29 is 9.53 Å². The Labute approximate surface area is 98.1 Å². The van der Waals surface area contributed by atoms with Crippen LogP contribution in [0.4, 0.5) is 0 Å². The molecule has 2 N–H and O–H groups in total. The standard InChI is InChI=1S/C12H24N2O2/c1-3-10-9-14(8-6-11(10)13)7-4-5-12(15)16-2/h10-11H,3-9,13H2,1-2H3. The molecule has 1 rings (SSSR count). The second-order valence-electron chi connectivity index (χ2n) is 4.60. The van der Waals surface area contributed by atoms with Gasteiger partial charge in [-0.15, -0.1) is 0 Å². The lowest BCUT2D eigenvalue weighted by Gasteiger charge is -2.36. The number of hydrogen-bond donors (Lipinski definition) is 1. The van der Waals surface area contributed by atoms with E-state index in [1.807, 2.05) is 0 Å². The smallest absolute Gasteiger partial charge is 0.305 e. The lowest BCUT2D eigenvalue weighted by molar-refractivity contribution is -0.140. The van der Waals surface area contributed by atoms with E-state index in [0.29, 0.717) is 18.4 Å². The van der Waals surface area contributed by atoms with Crippen molar-refractivity contribution >= 4 is 5.97 Å². The number of nitrogens with zero attached hydrogens (tertiary/aromatic N) is 1. The van der Waals surface area contributed by atoms with Crippen LogP contribution in [0.15, 0.2) is 0 Å². The molecule has 0 aromatic heterocycles. The van der Waals surface area contributed by atoms with Crippen molar-refractivity contribution in [3.05, 3.63) is 0 Å². The minimum atomic E-state index is -0.110. The van der Waals surface area contributed by atoms with Gasteiger partial charge in [0.05, 0.1) is 7.11 Å². The molecule has 1 aliphatic rings. The molecule has 1 heterocycles. The molecule has 4 heteroatoms. The van der Waals surface area contributed by atoms with E-state index in [0.717, 1.165) is 38.9 Å². The van der Waals surface area contributed by atoms with Crippen molar-refractivity contribution in [3.63, 3.8) is 0 Å². The van der Waals surface area contributed by atoms with Crippen molar-refractivity contribution in [2.45, 2.75) is 38.6 Å². The van der Waals surface area contributed by atoms with Crippen LogP contribution < -0.4 is 5.73 Å². The fraction of sp³-hybridized carbons (Fsp3) is 0.917. The molecule has 0 radical (unpaired) electrons. The van der Waals surface area contributed by atoms with E-state index in [4.69, 9.17) is 5.73 Å². The summed E-state index contributed by atoms with van der Waals surface area (Å²) in [6.45, 7) is 5.33. The zero-order chi connectivity index (χ0) is 12.0. The van der Waals surface area contributed by atoms with E-state index in [1.165, 1.54) is 7.11 Å². The molecule has 0 saturated carbocycles. The van der Waals surface area contributed by atoms with Gasteiger partial charge in [-0.1, -0.05) is 13.3 Å². The molecule has 16 heavy (non-hydrogen) atoms. The molecule has 1 fully saturated rings. The molecule has 0 aromatic rings. The first-order valence-corrected chi connectivity index (χ1v) is 6.22. The van der Waals surface area contributed by atoms with Crippen LogP contribution in [0, 0.1) is 5.92 Å². The van der Waals surface area contributed by atoms with E-state index < -0.39 is 0 Å². The van der Waals surface area contributed by atoms with Gasteiger partial charge in [-0.3, -0.25) is 4.79 Å². The maximum Gasteiger partial charge on any atom is 0.305 e. The number of esters is 1. The Kier molecular flexibility index (Phi) is 5.77. The number of nitrogens with two attached hydrogens (primary N) is 1. The highest BCUT2D eigenvalue weighted by molar-refractivity contribution is 5.69. The van der Waals surface area contributed by atoms with Crippen molar-refractivity contribution in [1.29, 1.82) is 0 Å². The lowest BCUT2D eigenvalue weighted by atomic mass is 9.90. The van der Waals surface area contributed by atoms with Crippen LogP contribution in [-0.4, -0.2) is 43.7 Å². The van der Waals surface area contributed by atoms with Gasteiger partial charge in [-0.2, -0.15) is 0 Å². The van der Waals surface area contributed by atoms with Gasteiger partial charge in [-0.25, -0.2) is 0 Å². The summed E-state index contributed by atoms with van der Waals surface area (Å²) in [5.41, 5.74) is 6.05. The van der Waals surface area contributed by atoms with Gasteiger partial charge in [0.1, 0.15) is 0 Å². The summed E-state index contributed by atoms with van der Waals surface area (Å²) in [5.74, 6) is 0.507. The second-order valence-corrected chi connectivity index (χ2v) is 4.60. The molecular formula is C12H24N2O2. The lowest BCUT2D eigenvalue weighted by Crippen LogP contribution is -2.47. The van der Waals surface area contributed by atoms with Gasteiger partial charge in [0, 0.05) is 19.0 Å². The van der Waals surface area contributed by atoms with E-state index in [1.54, 1.807) is 0 Å². The monoisotopic (exact) mass is 228 g/mol. The molecule has 2 unspecified atom stereocenters. The number of methoxy groups -OCH3 is 1. The number of hydrogen-bond acceptors (Lipinski definition) is 4. The SMILES string of the molecule is CCC1CN(CCCC(=O)OC)CCC1N. The number of carbonyl (C=O) groups excluding carboxylic acids is 1. The Balaban J connectivity index is 2.20. The highest BCUT2D eigenvalue weighted by Gasteiger charge is 2.24. The van der Waals surface area contributed by atoms with Crippen LogP contribution in [-0.2, 0) is 9.53 Å². The van der Waals surface area contributed by atoms with Crippen LogP contribution in [0.25, 0.3) is 0 Å². The first-order valence-electron chi connectivity index (χ1n) is 6.22. The van der Waals surface area contributed by atoms with Crippen LogP contribution in [0.3, 0.4) is 0 Å². The minimum absolute atomic E-state index is 0.110. The summed E-state index contributed by atoms with van der Waals surface area (Å²) in [6, 6.07) is 0.363. The van der Waals surface area contributed by atoms with Gasteiger partial charge in [0.2, 0.25) is 0 Å². The Morgan fingerprint density at radius 3 is 2.94 bits per heavy atom. The van der Waals surface area contributed by atoms with E-state index in [9.17, 15) is 4.79 Å². The van der Waals surface area contributed by atoms with Gasteiger partial charge < -0.3 is 15.4 Å². The summed E-state index contributed by atoms with van der Waals surface area (Å²) in [6.07, 6.45) is 3.64. The van der Waals surface area contributed by atoms with Gasteiger partial charge >= 0.3 is 5.97 Å². The Hall–Kier alpha value is -0.610. The number of rotatable bonds is 5. The van der Waals surface area contributed by atoms with Crippen molar-refractivity contribution in [2.24, 2.45) is 11.7 Å². The van der Waals surface area contributed by atoms with Gasteiger partial charge in [0.15, 0.2) is 0 Å². The number of piperidine rings is 1. The van der Waals surface area contributed by atoms with E-state index in [-0.39, 0.29) is 5.97 Å². The van der Waals surface area contributed by atoms with Crippen molar-refractivity contribution in [1.82, 2.24) is 4.90 Å². The molecule has 0 amide bonds. The normalized spacial score (nSPS) is 26.7. The van der Waals surface area contributed by atoms with Crippen LogP contribution in [0.2, 0.25) is 0 Å². The van der Waals surface area contributed by atoms with Crippen molar-refractivity contribution in [2.75, 3.05) is 26.7 Å². The maximum atomic E-state index is 11.0. The average molecular weight is 228 g/mol. The third kappa shape index (κ3) is 4.10. The fourth-order valence-corrected chi connectivity index (χ4v) is 2.31. The topological polar surface area (TPSA) is 55.6 Å². The molecule has 0 spiro atoms. The number of carbonyl (C=O) groups is 1. The molecule has 1 saturated heterocycles. The van der Waals surface area contributed by atoms with Crippen LogP contribution in [0.5, 0.6) is 0 Å². The quantitative estimate of drug-likeness (QED) is 0.713. The molecular weight excluding hydrogens is 204 g/mol. The summed E-state index contributed by atoms with van der Waals surface area (Å²) in [5, 5.41) is 0. The van der Waals surface area contributed by atoms with Crippen molar-refractivity contribution in [3.8, 4) is 0 Å². The molecule has 2 atom stereocenters. The Morgan fingerprint density at radius 1 is 1.56 bits per heavy atom. The first kappa shape index (κ1) is 13.5. The summed E-state index contributed by atoms with van der Waals surface area (Å²) >= 11 is 0. The zero-order valence-electron chi connectivity index (χ0n) is 10.4. The molecule has 0 aromatic carbocycles. The highest BCUT2D eigenvalue weighted by Crippen LogP contribution is 2.18. The zero-order valence-corrected chi connectivity index (χ0v) is 10.4. The van der Waals surface area contributed by atoms with E-state index in [2.05, 4.69) is 16.6 Å². The second kappa shape index (κ2) is 6.86. The van der Waals surface area contributed by atoms with Gasteiger partial charge in [0.25, 0.3) is 0 Å². The highest BCUT2D eigenvalue weighted by atomic mass is 16.5. The maximum absolute atomic E-state index is 11.0. The molecule has 1 aliphatic heterocycles. The Morgan fingerprint density at radius 2 is 2.31 bits per heavy atom. The fourth-order valence-electron chi connectivity index (χ4n) is 2.31. The summed E-state index contributed by atoms with van der Waals surface area (Å²) in [4.78, 5) is 13.4. The third-order valence-corrected chi connectivity index (χ3v) is 3.48. The first-order chi connectivity index (χ1) is 7.67. The molecule has 94 valence electrons. The van der Waals surface area contributed by atoms with E-state index >= 15 is 0 Å². The number of likely N-dealkylation sites (tertiary alicyclic amines) is 1. The molecule has 0 aliphatic carbocycles. The average Bonchev–Trinajstić information content (AvgIpc) is 2.31. The number of ether oxygens (including phenoxy) is 1. The molecule has 4 nitrogen and oxygen atoms in total. The van der Waals surface area contributed by atoms with Crippen LogP contribution >= 0.6 is 0 Å². The largest absolute Gasteiger partial charge is 0.469 e. The third-order valence-electron chi connectivity index (χ3n) is 3.48. The predicted octanol–water partition coefficient (Wildman–Crippen LogP) is 0.999. The molecule has 0 bridgehead atoms. The van der Waals surface area contributed by atoms with Gasteiger partial charge in [-0.05, 0) is 31.8 Å².